The standard InChI is InChI=1S/C21H32N6/c1-14(2)27-19(12-15-4-3-5-15)17(13-25-27)18-8-11-24-20(26-18)21(23)9-6-16(22)7-10-21/h8,11,13-16H,3-7,9-10,12,22-23H2,1-2H3. The average Bonchev–Trinajstić information content (AvgIpc) is 3.05. The van der Waals surface area contributed by atoms with Crippen LogP contribution in [-0.4, -0.2) is 25.8 Å². The topological polar surface area (TPSA) is 95.6 Å². The van der Waals surface area contributed by atoms with Crippen molar-refractivity contribution in [2.45, 2.75) is 82.8 Å². The maximum absolute atomic E-state index is 6.69. The highest BCUT2D eigenvalue weighted by atomic mass is 15.3. The summed E-state index contributed by atoms with van der Waals surface area (Å²) in [4.78, 5) is 9.46. The molecule has 4 N–H and O–H groups in total. The molecule has 0 saturated heterocycles. The molecule has 0 aliphatic heterocycles. The van der Waals surface area contributed by atoms with Crippen molar-refractivity contribution in [1.29, 1.82) is 0 Å². The number of rotatable bonds is 5. The molecule has 2 heterocycles. The molecule has 2 aromatic heterocycles. The van der Waals surface area contributed by atoms with Crippen molar-refractivity contribution < 1.29 is 0 Å². The molecule has 146 valence electrons. The molecule has 27 heavy (non-hydrogen) atoms. The quantitative estimate of drug-likeness (QED) is 0.844. The number of nitrogens with zero attached hydrogens (tertiary/aromatic N) is 4. The largest absolute Gasteiger partial charge is 0.328 e. The Hall–Kier alpha value is -1.79. The molecule has 2 saturated carbocycles. The van der Waals surface area contributed by atoms with Gasteiger partial charge in [0, 0.05) is 29.5 Å². The van der Waals surface area contributed by atoms with Crippen molar-refractivity contribution in [1.82, 2.24) is 19.7 Å². The molecule has 6 nitrogen and oxygen atoms in total. The Balaban J connectivity index is 1.67. The van der Waals surface area contributed by atoms with Gasteiger partial charge in [-0.05, 0) is 57.9 Å². The third-order valence-electron chi connectivity index (χ3n) is 6.39. The zero-order chi connectivity index (χ0) is 19.0. The summed E-state index contributed by atoms with van der Waals surface area (Å²) in [7, 11) is 0. The molecule has 2 fully saturated rings. The number of hydrogen-bond acceptors (Lipinski definition) is 5. The van der Waals surface area contributed by atoms with Crippen LogP contribution in [0.5, 0.6) is 0 Å². The van der Waals surface area contributed by atoms with E-state index in [2.05, 4.69) is 28.6 Å². The van der Waals surface area contributed by atoms with E-state index in [4.69, 9.17) is 16.5 Å². The van der Waals surface area contributed by atoms with Gasteiger partial charge in [-0.2, -0.15) is 5.10 Å². The maximum Gasteiger partial charge on any atom is 0.148 e. The summed E-state index contributed by atoms with van der Waals surface area (Å²) in [5.41, 5.74) is 15.7. The van der Waals surface area contributed by atoms with Gasteiger partial charge in [0.25, 0.3) is 0 Å². The van der Waals surface area contributed by atoms with Crippen LogP contribution in [0.2, 0.25) is 0 Å². The molecule has 2 aliphatic carbocycles. The predicted molar refractivity (Wildman–Crippen MR) is 107 cm³/mol. The molecule has 2 aromatic rings. The van der Waals surface area contributed by atoms with E-state index in [9.17, 15) is 0 Å². The second-order valence-corrected chi connectivity index (χ2v) is 8.80. The molecule has 0 amide bonds. The van der Waals surface area contributed by atoms with Crippen molar-refractivity contribution in [3.8, 4) is 11.3 Å². The third-order valence-corrected chi connectivity index (χ3v) is 6.39. The third kappa shape index (κ3) is 3.65. The van der Waals surface area contributed by atoms with Crippen LogP contribution in [0, 0.1) is 5.92 Å². The lowest BCUT2D eigenvalue weighted by atomic mass is 9.79. The number of hydrogen-bond donors (Lipinski definition) is 2. The van der Waals surface area contributed by atoms with Crippen LogP contribution in [0.3, 0.4) is 0 Å². The van der Waals surface area contributed by atoms with Crippen molar-refractivity contribution in [3.05, 3.63) is 30.0 Å². The Kier molecular flexibility index (Phi) is 5.03. The normalized spacial score (nSPS) is 26.3. The van der Waals surface area contributed by atoms with E-state index in [-0.39, 0.29) is 6.04 Å². The Morgan fingerprint density at radius 1 is 1.22 bits per heavy atom. The predicted octanol–water partition coefficient (Wildman–Crippen LogP) is 3.32. The Morgan fingerprint density at radius 3 is 2.59 bits per heavy atom. The van der Waals surface area contributed by atoms with Crippen LogP contribution in [0.1, 0.15) is 76.4 Å². The van der Waals surface area contributed by atoms with Gasteiger partial charge in [-0.3, -0.25) is 4.68 Å². The molecule has 4 rings (SSSR count). The molecule has 0 spiro atoms. The smallest absolute Gasteiger partial charge is 0.148 e. The molecule has 0 aromatic carbocycles. The van der Waals surface area contributed by atoms with Gasteiger partial charge in [-0.1, -0.05) is 19.3 Å². The first-order valence-electron chi connectivity index (χ1n) is 10.4. The van der Waals surface area contributed by atoms with Crippen LogP contribution in [0.15, 0.2) is 18.5 Å². The minimum Gasteiger partial charge on any atom is -0.328 e. The second-order valence-electron chi connectivity index (χ2n) is 8.80. The minimum absolute atomic E-state index is 0.253. The van der Waals surface area contributed by atoms with E-state index in [1.54, 1.807) is 0 Å². The molecular weight excluding hydrogens is 336 g/mol. The van der Waals surface area contributed by atoms with Gasteiger partial charge >= 0.3 is 0 Å². The molecule has 6 heteroatoms. The van der Waals surface area contributed by atoms with Gasteiger partial charge in [0.15, 0.2) is 0 Å². The first kappa shape index (κ1) is 18.6. The van der Waals surface area contributed by atoms with Crippen molar-refractivity contribution in [2.24, 2.45) is 17.4 Å². The van der Waals surface area contributed by atoms with Crippen molar-refractivity contribution in [2.75, 3.05) is 0 Å². The van der Waals surface area contributed by atoms with Crippen LogP contribution in [0.25, 0.3) is 11.3 Å². The molecule has 0 unspecified atom stereocenters. The fourth-order valence-corrected chi connectivity index (χ4v) is 4.35. The summed E-state index contributed by atoms with van der Waals surface area (Å²) in [5, 5.41) is 4.68. The Bertz CT molecular complexity index is 784. The van der Waals surface area contributed by atoms with Gasteiger partial charge in [-0.25, -0.2) is 9.97 Å². The van der Waals surface area contributed by atoms with E-state index < -0.39 is 5.54 Å². The lowest BCUT2D eigenvalue weighted by Gasteiger charge is -2.34. The molecular formula is C21H32N6. The van der Waals surface area contributed by atoms with Crippen LogP contribution in [0.4, 0.5) is 0 Å². The van der Waals surface area contributed by atoms with Crippen molar-refractivity contribution >= 4 is 0 Å². The summed E-state index contributed by atoms with van der Waals surface area (Å²) in [6.45, 7) is 4.37. The molecule has 0 radical (unpaired) electrons. The molecule has 0 atom stereocenters. The van der Waals surface area contributed by atoms with Gasteiger partial charge in [0.2, 0.25) is 0 Å². The van der Waals surface area contributed by atoms with Crippen LogP contribution >= 0.6 is 0 Å². The SMILES string of the molecule is CC(C)n1ncc(-c2ccnc(C3(N)CCC(N)CC3)n2)c1CC1CCC1. The van der Waals surface area contributed by atoms with E-state index in [0.29, 0.717) is 6.04 Å². The Morgan fingerprint density at radius 2 is 1.96 bits per heavy atom. The second kappa shape index (κ2) is 7.32. The van der Waals surface area contributed by atoms with Crippen molar-refractivity contribution in [3.63, 3.8) is 0 Å². The zero-order valence-electron chi connectivity index (χ0n) is 16.6. The summed E-state index contributed by atoms with van der Waals surface area (Å²) >= 11 is 0. The van der Waals surface area contributed by atoms with Gasteiger partial charge in [0.05, 0.1) is 17.4 Å². The van der Waals surface area contributed by atoms with Crippen LogP contribution < -0.4 is 11.5 Å². The van der Waals surface area contributed by atoms with E-state index in [0.717, 1.165) is 55.1 Å². The lowest BCUT2D eigenvalue weighted by molar-refractivity contribution is 0.264. The monoisotopic (exact) mass is 368 g/mol. The average molecular weight is 369 g/mol. The molecule has 0 bridgehead atoms. The zero-order valence-corrected chi connectivity index (χ0v) is 16.6. The Labute approximate surface area is 161 Å². The number of nitrogens with two attached hydrogens (primary N) is 2. The van der Waals surface area contributed by atoms with Crippen LogP contribution in [-0.2, 0) is 12.0 Å². The first-order chi connectivity index (χ1) is 13.0. The van der Waals surface area contributed by atoms with Gasteiger partial charge in [0.1, 0.15) is 5.82 Å². The van der Waals surface area contributed by atoms with E-state index >= 15 is 0 Å². The van der Waals surface area contributed by atoms with E-state index in [1.165, 1.54) is 25.0 Å². The fourth-order valence-electron chi connectivity index (χ4n) is 4.35. The fraction of sp³-hybridized carbons (Fsp3) is 0.667. The van der Waals surface area contributed by atoms with Gasteiger partial charge < -0.3 is 11.5 Å². The van der Waals surface area contributed by atoms with Gasteiger partial charge in [-0.15, -0.1) is 0 Å². The first-order valence-corrected chi connectivity index (χ1v) is 10.4. The molecule has 2 aliphatic rings. The highest BCUT2D eigenvalue weighted by Crippen LogP contribution is 2.36. The highest BCUT2D eigenvalue weighted by Gasteiger charge is 2.35. The summed E-state index contributed by atoms with van der Waals surface area (Å²) in [5.74, 6) is 1.53. The minimum atomic E-state index is -0.464. The summed E-state index contributed by atoms with van der Waals surface area (Å²) in [6, 6.07) is 2.59. The number of aromatic nitrogens is 4. The summed E-state index contributed by atoms with van der Waals surface area (Å²) in [6.07, 6.45) is 12.5. The van der Waals surface area contributed by atoms with E-state index in [1.807, 2.05) is 18.5 Å². The highest BCUT2D eigenvalue weighted by molar-refractivity contribution is 5.61. The lowest BCUT2D eigenvalue weighted by Crippen LogP contribution is -2.44. The summed E-state index contributed by atoms with van der Waals surface area (Å²) < 4.78 is 2.16. The maximum atomic E-state index is 6.69.